The van der Waals surface area contributed by atoms with Crippen molar-refractivity contribution in [2.24, 2.45) is 0 Å². The number of carbonyl (C=O) groups excluding carboxylic acids is 1. The van der Waals surface area contributed by atoms with Crippen LogP contribution in [-0.4, -0.2) is 27.0 Å². The standard InChI is InChI=1S/C15H12Cl3NO5S/c1-23-15(20)14(18)19-25(21,22)13-4-2-11(3-5-13)24-12-7-9(16)6-10(17)8-12/h2-8,14,19H,1H3. The minimum absolute atomic E-state index is 0.0986. The largest absolute Gasteiger partial charge is 0.467 e. The Kier molecular flexibility index (Phi) is 6.53. The fourth-order valence-electron chi connectivity index (χ4n) is 1.77. The number of hydrogen-bond donors (Lipinski definition) is 1. The molecule has 0 amide bonds. The Morgan fingerprint density at radius 1 is 1.04 bits per heavy atom. The lowest BCUT2D eigenvalue weighted by molar-refractivity contribution is -0.140. The first kappa shape index (κ1) is 19.8. The third-order valence-electron chi connectivity index (χ3n) is 2.87. The maximum atomic E-state index is 12.1. The first-order chi connectivity index (χ1) is 11.7. The van der Waals surface area contributed by atoms with Crippen molar-refractivity contribution < 1.29 is 22.7 Å². The molecular formula is C15H12Cl3NO5S. The number of ether oxygens (including phenoxy) is 2. The van der Waals surface area contributed by atoms with Gasteiger partial charge in [0, 0.05) is 10.0 Å². The van der Waals surface area contributed by atoms with E-state index < -0.39 is 21.5 Å². The van der Waals surface area contributed by atoms with Gasteiger partial charge in [0.1, 0.15) is 11.5 Å². The molecule has 0 aliphatic carbocycles. The van der Waals surface area contributed by atoms with Crippen LogP contribution in [-0.2, 0) is 19.6 Å². The predicted molar refractivity (Wildman–Crippen MR) is 95.0 cm³/mol. The molecule has 0 aromatic heterocycles. The van der Waals surface area contributed by atoms with E-state index in [1.807, 2.05) is 4.72 Å². The lowest BCUT2D eigenvalue weighted by atomic mass is 10.3. The highest BCUT2D eigenvalue weighted by Gasteiger charge is 2.24. The summed E-state index contributed by atoms with van der Waals surface area (Å²) in [7, 11) is -2.90. The van der Waals surface area contributed by atoms with Gasteiger partial charge in [-0.2, -0.15) is 4.72 Å². The number of rotatable bonds is 6. The summed E-state index contributed by atoms with van der Waals surface area (Å²) in [5.74, 6) is -0.145. The van der Waals surface area contributed by atoms with Gasteiger partial charge in [0.2, 0.25) is 10.0 Å². The normalized spacial score (nSPS) is 12.5. The van der Waals surface area contributed by atoms with E-state index in [0.29, 0.717) is 21.5 Å². The van der Waals surface area contributed by atoms with Gasteiger partial charge < -0.3 is 9.47 Å². The molecule has 0 radical (unpaired) electrons. The van der Waals surface area contributed by atoms with E-state index in [2.05, 4.69) is 4.74 Å². The molecule has 1 N–H and O–H groups in total. The number of alkyl halides is 1. The number of sulfonamides is 1. The smallest absolute Gasteiger partial charge is 0.339 e. The molecular weight excluding hydrogens is 413 g/mol. The van der Waals surface area contributed by atoms with Crippen molar-refractivity contribution in [3.8, 4) is 11.5 Å². The van der Waals surface area contributed by atoms with Gasteiger partial charge in [-0.25, -0.2) is 13.2 Å². The fraction of sp³-hybridized carbons (Fsp3) is 0.133. The molecule has 10 heteroatoms. The van der Waals surface area contributed by atoms with Gasteiger partial charge in [0.15, 0.2) is 5.50 Å². The molecule has 2 aromatic rings. The van der Waals surface area contributed by atoms with E-state index in [9.17, 15) is 13.2 Å². The van der Waals surface area contributed by atoms with Crippen LogP contribution in [0.15, 0.2) is 47.4 Å². The highest BCUT2D eigenvalue weighted by Crippen LogP contribution is 2.28. The third kappa shape index (κ3) is 5.49. The van der Waals surface area contributed by atoms with Crippen LogP contribution >= 0.6 is 34.8 Å². The van der Waals surface area contributed by atoms with Crippen LogP contribution in [0.25, 0.3) is 0 Å². The molecule has 0 saturated carbocycles. The van der Waals surface area contributed by atoms with Crippen molar-refractivity contribution >= 4 is 50.8 Å². The number of hydrogen-bond acceptors (Lipinski definition) is 5. The Morgan fingerprint density at radius 3 is 2.12 bits per heavy atom. The maximum Gasteiger partial charge on any atom is 0.339 e. The first-order valence-electron chi connectivity index (χ1n) is 6.69. The van der Waals surface area contributed by atoms with Gasteiger partial charge in [0.05, 0.1) is 12.0 Å². The summed E-state index contributed by atoms with van der Waals surface area (Å²) >= 11 is 17.4. The highest BCUT2D eigenvalue weighted by molar-refractivity contribution is 7.89. The summed E-state index contributed by atoms with van der Waals surface area (Å²) in [6.45, 7) is 0. The minimum Gasteiger partial charge on any atom is -0.467 e. The molecule has 0 fully saturated rings. The molecule has 0 saturated heterocycles. The van der Waals surface area contributed by atoms with Gasteiger partial charge in [-0.1, -0.05) is 34.8 Å². The molecule has 6 nitrogen and oxygen atoms in total. The Balaban J connectivity index is 2.14. The molecule has 0 spiro atoms. The van der Waals surface area contributed by atoms with E-state index in [1.54, 1.807) is 18.2 Å². The lowest BCUT2D eigenvalue weighted by Crippen LogP contribution is -2.37. The summed E-state index contributed by atoms with van der Waals surface area (Å²) in [5, 5.41) is 0.809. The van der Waals surface area contributed by atoms with Crippen LogP contribution in [0.2, 0.25) is 10.0 Å². The number of carbonyl (C=O) groups is 1. The average molecular weight is 425 g/mol. The average Bonchev–Trinajstić information content (AvgIpc) is 2.53. The van der Waals surface area contributed by atoms with E-state index in [0.717, 1.165) is 7.11 Å². The number of nitrogens with one attached hydrogen (secondary N) is 1. The molecule has 1 unspecified atom stereocenters. The third-order valence-corrected chi connectivity index (χ3v) is 5.16. The van der Waals surface area contributed by atoms with E-state index in [4.69, 9.17) is 39.5 Å². The summed E-state index contributed by atoms with van der Waals surface area (Å²) in [4.78, 5) is 11.1. The number of halogens is 3. The maximum absolute atomic E-state index is 12.1. The molecule has 0 bridgehead atoms. The Hall–Kier alpha value is -1.51. The number of methoxy groups -OCH3 is 1. The molecule has 2 rings (SSSR count). The van der Waals surface area contributed by atoms with E-state index in [-0.39, 0.29) is 4.90 Å². The van der Waals surface area contributed by atoms with Crippen LogP contribution in [0.5, 0.6) is 11.5 Å². The Labute approximate surface area is 159 Å². The second-order valence-electron chi connectivity index (χ2n) is 4.69. The second-order valence-corrected chi connectivity index (χ2v) is 7.71. The molecule has 0 aliphatic heterocycles. The van der Waals surface area contributed by atoms with Crippen LogP contribution < -0.4 is 9.46 Å². The molecule has 2 aromatic carbocycles. The van der Waals surface area contributed by atoms with Crippen molar-refractivity contribution in [1.82, 2.24) is 4.72 Å². The summed E-state index contributed by atoms with van der Waals surface area (Å²) < 4.78 is 36.2. The van der Waals surface area contributed by atoms with Gasteiger partial charge in [-0.05, 0) is 42.5 Å². The second kappa shape index (κ2) is 8.25. The molecule has 0 heterocycles. The van der Waals surface area contributed by atoms with Crippen molar-refractivity contribution in [1.29, 1.82) is 0 Å². The van der Waals surface area contributed by atoms with Crippen molar-refractivity contribution in [2.75, 3.05) is 7.11 Å². The van der Waals surface area contributed by atoms with Gasteiger partial charge in [-0.15, -0.1) is 0 Å². The van der Waals surface area contributed by atoms with E-state index >= 15 is 0 Å². The molecule has 25 heavy (non-hydrogen) atoms. The summed E-state index contributed by atoms with van der Waals surface area (Å²) in [6, 6.07) is 10.1. The molecule has 134 valence electrons. The van der Waals surface area contributed by atoms with Gasteiger partial charge in [-0.3, -0.25) is 0 Å². The van der Waals surface area contributed by atoms with Crippen molar-refractivity contribution in [2.45, 2.75) is 10.4 Å². The quantitative estimate of drug-likeness (QED) is 0.433. The summed E-state index contributed by atoms with van der Waals surface area (Å²) in [5.41, 5.74) is -1.53. The van der Waals surface area contributed by atoms with Gasteiger partial charge >= 0.3 is 5.97 Å². The fourth-order valence-corrected chi connectivity index (χ4v) is 3.71. The van der Waals surface area contributed by atoms with Crippen LogP contribution in [0.3, 0.4) is 0 Å². The predicted octanol–water partition coefficient (Wildman–Crippen LogP) is 3.80. The zero-order valence-corrected chi connectivity index (χ0v) is 15.8. The zero-order valence-electron chi connectivity index (χ0n) is 12.7. The first-order valence-corrected chi connectivity index (χ1v) is 9.37. The van der Waals surface area contributed by atoms with Gasteiger partial charge in [0.25, 0.3) is 0 Å². The molecule has 0 aliphatic rings. The Morgan fingerprint density at radius 2 is 1.60 bits per heavy atom. The van der Waals surface area contributed by atoms with Crippen molar-refractivity contribution in [3.63, 3.8) is 0 Å². The van der Waals surface area contributed by atoms with Crippen LogP contribution in [0.1, 0.15) is 0 Å². The van der Waals surface area contributed by atoms with Crippen LogP contribution in [0, 0.1) is 0 Å². The minimum atomic E-state index is -4.00. The summed E-state index contributed by atoms with van der Waals surface area (Å²) in [6.07, 6.45) is 0. The zero-order chi connectivity index (χ0) is 18.6. The van der Waals surface area contributed by atoms with Crippen LogP contribution in [0.4, 0.5) is 0 Å². The SMILES string of the molecule is COC(=O)C(Cl)NS(=O)(=O)c1ccc(Oc2cc(Cl)cc(Cl)c2)cc1. The van der Waals surface area contributed by atoms with Crippen molar-refractivity contribution in [3.05, 3.63) is 52.5 Å². The highest BCUT2D eigenvalue weighted by atomic mass is 35.5. The topological polar surface area (TPSA) is 81.7 Å². The number of esters is 1. The number of benzene rings is 2. The Bertz CT molecular complexity index is 851. The lowest BCUT2D eigenvalue weighted by Gasteiger charge is -2.11. The van der Waals surface area contributed by atoms with E-state index in [1.165, 1.54) is 24.3 Å². The molecule has 1 atom stereocenters. The monoisotopic (exact) mass is 423 g/mol.